The number of nitrogens with one attached hydrogen (secondary N) is 1. The van der Waals surface area contributed by atoms with Gasteiger partial charge in [-0.1, -0.05) is 47.6 Å². The monoisotopic (exact) mass is 381 g/mol. The molecule has 0 saturated carbocycles. The predicted molar refractivity (Wildman–Crippen MR) is 109 cm³/mol. The van der Waals surface area contributed by atoms with E-state index in [2.05, 4.69) is 46.4 Å². The van der Waals surface area contributed by atoms with E-state index >= 15 is 0 Å². The Morgan fingerprint density at radius 1 is 1.23 bits per heavy atom. The Hall–Kier alpha value is -1.14. The normalized spacial score (nSPS) is 21.3. The van der Waals surface area contributed by atoms with Crippen molar-refractivity contribution >= 4 is 14.3 Å². The molecule has 148 valence electrons. The molecule has 2 rings (SSSR count). The number of halogens is 1. The van der Waals surface area contributed by atoms with Crippen LogP contribution in [0.4, 0.5) is 4.39 Å². The first-order chi connectivity index (χ1) is 12.2. The van der Waals surface area contributed by atoms with Crippen molar-refractivity contribution in [3.8, 4) is 0 Å². The number of hydrogen-bond donors (Lipinski definition) is 1. The standard InChI is InChI=1S/C20H36FN3OSi/c1-15(2)26(16(3)4,17(5)6)25-14-19-10-8-12-24(19)20(22)23-11-7-9-18(21)13-23/h7,9,13,15-17,19,22H,8,10-12,14H2,1-6H3. The van der Waals surface area contributed by atoms with E-state index in [1.54, 1.807) is 11.0 Å². The van der Waals surface area contributed by atoms with Gasteiger partial charge in [-0.05, 0) is 35.5 Å². The third kappa shape index (κ3) is 4.22. The number of guanidine groups is 1. The van der Waals surface area contributed by atoms with E-state index in [4.69, 9.17) is 9.84 Å². The van der Waals surface area contributed by atoms with E-state index in [0.717, 1.165) is 19.4 Å². The molecular formula is C20H36FN3OSi. The molecule has 2 aliphatic heterocycles. The molecule has 0 spiro atoms. The van der Waals surface area contributed by atoms with Crippen molar-refractivity contribution in [1.29, 1.82) is 5.41 Å². The van der Waals surface area contributed by atoms with Gasteiger partial charge in [-0.2, -0.15) is 0 Å². The van der Waals surface area contributed by atoms with Crippen LogP contribution < -0.4 is 0 Å². The minimum absolute atomic E-state index is 0.216. The molecule has 1 atom stereocenters. The average molecular weight is 382 g/mol. The quantitative estimate of drug-likeness (QED) is 0.387. The van der Waals surface area contributed by atoms with Gasteiger partial charge in [-0.3, -0.25) is 5.41 Å². The van der Waals surface area contributed by atoms with E-state index in [1.165, 1.54) is 12.3 Å². The van der Waals surface area contributed by atoms with Crippen LogP contribution >= 0.6 is 0 Å². The summed E-state index contributed by atoms with van der Waals surface area (Å²) in [6.07, 6.45) is 6.75. The van der Waals surface area contributed by atoms with Gasteiger partial charge in [0.05, 0.1) is 12.6 Å². The smallest absolute Gasteiger partial charge is 0.200 e. The van der Waals surface area contributed by atoms with Gasteiger partial charge in [0.25, 0.3) is 0 Å². The Morgan fingerprint density at radius 3 is 2.38 bits per heavy atom. The van der Waals surface area contributed by atoms with Crippen LogP contribution in [0.1, 0.15) is 54.4 Å². The van der Waals surface area contributed by atoms with E-state index < -0.39 is 8.32 Å². The Morgan fingerprint density at radius 2 is 1.85 bits per heavy atom. The van der Waals surface area contributed by atoms with Crippen molar-refractivity contribution in [2.24, 2.45) is 0 Å². The molecule has 1 N–H and O–H groups in total. The highest BCUT2D eigenvalue weighted by molar-refractivity contribution is 6.77. The summed E-state index contributed by atoms with van der Waals surface area (Å²) in [5, 5.41) is 8.55. The van der Waals surface area contributed by atoms with E-state index in [0.29, 0.717) is 35.7 Å². The van der Waals surface area contributed by atoms with E-state index in [-0.39, 0.29) is 11.9 Å². The zero-order valence-electron chi connectivity index (χ0n) is 17.3. The molecule has 4 nitrogen and oxygen atoms in total. The lowest BCUT2D eigenvalue weighted by molar-refractivity contribution is 0.196. The van der Waals surface area contributed by atoms with Crippen LogP contribution in [0, 0.1) is 5.41 Å². The van der Waals surface area contributed by atoms with Gasteiger partial charge in [0.2, 0.25) is 0 Å². The molecule has 6 heteroatoms. The number of rotatable bonds is 6. The average Bonchev–Trinajstić information content (AvgIpc) is 3.02. The fourth-order valence-corrected chi connectivity index (χ4v) is 10.3. The molecule has 1 saturated heterocycles. The first-order valence-electron chi connectivity index (χ1n) is 9.99. The molecule has 0 amide bonds. The van der Waals surface area contributed by atoms with Gasteiger partial charge in [-0.15, -0.1) is 0 Å². The van der Waals surface area contributed by atoms with Gasteiger partial charge in [0.15, 0.2) is 14.3 Å². The van der Waals surface area contributed by atoms with Gasteiger partial charge >= 0.3 is 0 Å². The topological polar surface area (TPSA) is 39.6 Å². The predicted octanol–water partition coefficient (Wildman–Crippen LogP) is 5.26. The largest absolute Gasteiger partial charge is 0.414 e. The van der Waals surface area contributed by atoms with E-state index in [1.807, 2.05) is 0 Å². The second kappa shape index (κ2) is 8.70. The minimum Gasteiger partial charge on any atom is -0.414 e. The van der Waals surface area contributed by atoms with Crippen molar-refractivity contribution in [3.05, 3.63) is 24.2 Å². The van der Waals surface area contributed by atoms with Crippen LogP contribution in [0.5, 0.6) is 0 Å². The molecule has 0 aromatic rings. The summed E-state index contributed by atoms with van der Waals surface area (Å²) in [7, 11) is -1.90. The summed E-state index contributed by atoms with van der Waals surface area (Å²) < 4.78 is 20.3. The van der Waals surface area contributed by atoms with Gasteiger partial charge in [0.1, 0.15) is 5.83 Å². The lowest BCUT2D eigenvalue weighted by Gasteiger charge is -2.43. The highest BCUT2D eigenvalue weighted by Gasteiger charge is 2.46. The van der Waals surface area contributed by atoms with Crippen LogP contribution in [-0.4, -0.2) is 49.8 Å². The number of allylic oxidation sites excluding steroid dienone is 2. The lowest BCUT2D eigenvalue weighted by atomic mass is 10.2. The summed E-state index contributed by atoms with van der Waals surface area (Å²) >= 11 is 0. The van der Waals surface area contributed by atoms with Gasteiger partial charge in [-0.25, -0.2) is 4.39 Å². The second-order valence-corrected chi connectivity index (χ2v) is 14.0. The maximum absolute atomic E-state index is 13.5. The Bertz CT molecular complexity index is 537. The van der Waals surface area contributed by atoms with Crippen LogP contribution in [0.3, 0.4) is 0 Å². The van der Waals surface area contributed by atoms with Crippen molar-refractivity contribution in [2.45, 2.75) is 77.0 Å². The SMILES string of the molecule is CC(C)[Si](OCC1CCCN1C(=N)N1C=C(F)C=CC1)(C(C)C)C(C)C. The Kier molecular flexibility index (Phi) is 7.08. The molecule has 0 radical (unpaired) electrons. The first kappa shape index (κ1) is 21.2. The zero-order valence-corrected chi connectivity index (χ0v) is 18.3. The fourth-order valence-electron chi connectivity index (χ4n) is 4.86. The Balaban J connectivity index is 2.08. The summed E-state index contributed by atoms with van der Waals surface area (Å²) in [5.74, 6) is 0.0975. The van der Waals surface area contributed by atoms with Crippen LogP contribution in [-0.2, 0) is 4.43 Å². The summed E-state index contributed by atoms with van der Waals surface area (Å²) in [5.41, 5.74) is 1.67. The molecule has 26 heavy (non-hydrogen) atoms. The van der Waals surface area contributed by atoms with Gasteiger partial charge < -0.3 is 14.2 Å². The van der Waals surface area contributed by atoms with Gasteiger partial charge in [0, 0.05) is 19.3 Å². The highest BCUT2D eigenvalue weighted by atomic mass is 28.4. The third-order valence-electron chi connectivity index (χ3n) is 6.01. The van der Waals surface area contributed by atoms with Crippen LogP contribution in [0.15, 0.2) is 24.2 Å². The number of nitrogens with zero attached hydrogens (tertiary/aromatic N) is 2. The van der Waals surface area contributed by atoms with E-state index in [9.17, 15) is 4.39 Å². The van der Waals surface area contributed by atoms with Crippen LogP contribution in [0.25, 0.3) is 0 Å². The molecule has 0 aromatic carbocycles. The summed E-state index contributed by atoms with van der Waals surface area (Å²) in [6.45, 7) is 15.9. The molecule has 0 aromatic heterocycles. The molecule has 2 heterocycles. The number of hydrogen-bond acceptors (Lipinski definition) is 2. The molecule has 1 fully saturated rings. The molecule has 0 aliphatic carbocycles. The molecule has 1 unspecified atom stereocenters. The molecule has 0 bridgehead atoms. The first-order valence-corrected chi connectivity index (χ1v) is 12.1. The Labute approximate surface area is 159 Å². The van der Waals surface area contributed by atoms with Crippen molar-refractivity contribution < 1.29 is 8.82 Å². The minimum atomic E-state index is -1.90. The third-order valence-corrected chi connectivity index (χ3v) is 12.1. The van der Waals surface area contributed by atoms with Crippen LogP contribution in [0.2, 0.25) is 16.6 Å². The maximum Gasteiger partial charge on any atom is 0.200 e. The second-order valence-electron chi connectivity index (χ2n) is 8.51. The summed E-state index contributed by atoms with van der Waals surface area (Å²) in [4.78, 5) is 3.79. The fraction of sp³-hybridized carbons (Fsp3) is 0.750. The zero-order chi connectivity index (χ0) is 19.5. The number of likely N-dealkylation sites (tertiary alicyclic amines) is 1. The van der Waals surface area contributed by atoms with Crippen molar-refractivity contribution in [3.63, 3.8) is 0 Å². The summed E-state index contributed by atoms with van der Waals surface area (Å²) in [6, 6.07) is 0.216. The molecule has 2 aliphatic rings. The molecular weight excluding hydrogens is 345 g/mol. The highest BCUT2D eigenvalue weighted by Crippen LogP contribution is 2.42. The van der Waals surface area contributed by atoms with Crippen molar-refractivity contribution in [1.82, 2.24) is 9.80 Å². The maximum atomic E-state index is 13.5. The van der Waals surface area contributed by atoms with Crippen molar-refractivity contribution in [2.75, 3.05) is 19.7 Å². The lowest BCUT2D eigenvalue weighted by Crippen LogP contribution is -2.52.